The van der Waals surface area contributed by atoms with Crippen LogP contribution < -0.4 is 5.32 Å². The Balaban J connectivity index is 1.21. The molecule has 8 nitrogen and oxygen atoms in total. The van der Waals surface area contributed by atoms with Gasteiger partial charge in [-0.25, -0.2) is 4.79 Å². The fourth-order valence-corrected chi connectivity index (χ4v) is 5.13. The summed E-state index contributed by atoms with van der Waals surface area (Å²) in [4.78, 5) is 46.5. The predicted molar refractivity (Wildman–Crippen MR) is 137 cm³/mol. The molecule has 36 heavy (non-hydrogen) atoms. The van der Waals surface area contributed by atoms with Crippen molar-refractivity contribution in [2.45, 2.75) is 26.4 Å². The normalized spacial score (nSPS) is 20.6. The van der Waals surface area contributed by atoms with Crippen LogP contribution in [0.4, 0.5) is 4.79 Å². The highest BCUT2D eigenvalue weighted by Gasteiger charge is 2.43. The van der Waals surface area contributed by atoms with Crippen LogP contribution in [0.15, 0.2) is 59.8 Å². The quantitative estimate of drug-likeness (QED) is 0.703. The molecule has 1 fully saturated rings. The lowest BCUT2D eigenvalue weighted by molar-refractivity contribution is -0.139. The molecule has 1 unspecified atom stereocenters. The first kappa shape index (κ1) is 24.1. The van der Waals surface area contributed by atoms with Crippen LogP contribution in [0.25, 0.3) is 0 Å². The van der Waals surface area contributed by atoms with Gasteiger partial charge in [-0.05, 0) is 25.0 Å². The molecule has 2 aromatic rings. The number of carbonyl (C=O) groups excluding carboxylic acids is 3. The molecular formula is C28H33N5O3. The predicted octanol–water partition coefficient (Wildman–Crippen LogP) is 2.44. The minimum Gasteiger partial charge on any atom is -0.339 e. The largest absolute Gasteiger partial charge is 0.339 e. The minimum absolute atomic E-state index is 0.0203. The lowest BCUT2D eigenvalue weighted by Crippen LogP contribution is -2.51. The Labute approximate surface area is 212 Å². The Morgan fingerprint density at radius 2 is 1.53 bits per heavy atom. The van der Waals surface area contributed by atoms with Crippen molar-refractivity contribution < 1.29 is 14.4 Å². The summed E-state index contributed by atoms with van der Waals surface area (Å²) in [6, 6.07) is 15.6. The summed E-state index contributed by atoms with van der Waals surface area (Å²) in [6.07, 6.45) is 0. The van der Waals surface area contributed by atoms with E-state index in [-0.39, 0.29) is 30.9 Å². The second-order valence-electron chi connectivity index (χ2n) is 10.0. The third-order valence-corrected chi connectivity index (χ3v) is 7.42. The fraction of sp³-hybridized carbons (Fsp3) is 0.393. The molecule has 8 heteroatoms. The summed E-state index contributed by atoms with van der Waals surface area (Å²) >= 11 is 0. The first-order valence-electron chi connectivity index (χ1n) is 12.5. The van der Waals surface area contributed by atoms with Crippen LogP contribution in [0.5, 0.6) is 0 Å². The number of nitrogens with zero attached hydrogens (tertiary/aromatic N) is 4. The molecule has 3 aliphatic rings. The minimum atomic E-state index is -0.512. The van der Waals surface area contributed by atoms with Gasteiger partial charge >= 0.3 is 6.03 Å². The van der Waals surface area contributed by atoms with E-state index in [2.05, 4.69) is 41.4 Å². The van der Waals surface area contributed by atoms with Crippen molar-refractivity contribution >= 4 is 17.8 Å². The van der Waals surface area contributed by atoms with Crippen LogP contribution in [0, 0.1) is 13.8 Å². The Hall–Kier alpha value is -3.65. The molecule has 1 N–H and O–H groups in total. The lowest BCUT2D eigenvalue weighted by atomic mass is 9.95. The van der Waals surface area contributed by atoms with E-state index in [1.54, 1.807) is 11.9 Å². The van der Waals surface area contributed by atoms with Gasteiger partial charge in [0, 0.05) is 39.8 Å². The van der Waals surface area contributed by atoms with Gasteiger partial charge in [0.15, 0.2) is 0 Å². The zero-order valence-electron chi connectivity index (χ0n) is 21.2. The summed E-state index contributed by atoms with van der Waals surface area (Å²) < 4.78 is 0. The number of hydrogen-bond acceptors (Lipinski definition) is 4. The van der Waals surface area contributed by atoms with Gasteiger partial charge in [-0.15, -0.1) is 0 Å². The zero-order chi connectivity index (χ0) is 25.4. The molecule has 1 atom stereocenters. The van der Waals surface area contributed by atoms with E-state index in [0.717, 1.165) is 30.8 Å². The van der Waals surface area contributed by atoms with Crippen LogP contribution >= 0.6 is 0 Å². The number of urea groups is 1. The lowest BCUT2D eigenvalue weighted by Gasteiger charge is -2.35. The molecule has 0 saturated carbocycles. The highest BCUT2D eigenvalue weighted by atomic mass is 16.2. The first-order valence-corrected chi connectivity index (χ1v) is 12.5. The Kier molecular flexibility index (Phi) is 6.53. The van der Waals surface area contributed by atoms with Crippen LogP contribution in [-0.2, 0) is 16.1 Å². The monoisotopic (exact) mass is 487 g/mol. The second-order valence-corrected chi connectivity index (χ2v) is 10.0. The van der Waals surface area contributed by atoms with Crippen LogP contribution in [0.1, 0.15) is 28.3 Å². The van der Waals surface area contributed by atoms with Gasteiger partial charge in [-0.1, -0.05) is 59.7 Å². The van der Waals surface area contributed by atoms with Gasteiger partial charge in [-0.2, -0.15) is 0 Å². The molecule has 4 amide bonds. The summed E-state index contributed by atoms with van der Waals surface area (Å²) in [5.74, 6) is -0.235. The van der Waals surface area contributed by atoms with Crippen LogP contribution in [0.3, 0.4) is 0 Å². The van der Waals surface area contributed by atoms with Crippen molar-refractivity contribution in [3.05, 3.63) is 82.1 Å². The number of nitrogens with one attached hydrogen (secondary N) is 1. The van der Waals surface area contributed by atoms with Gasteiger partial charge in [0.05, 0.1) is 23.9 Å². The molecular weight excluding hydrogens is 454 g/mol. The van der Waals surface area contributed by atoms with Gasteiger partial charge in [0.25, 0.3) is 5.91 Å². The van der Waals surface area contributed by atoms with E-state index < -0.39 is 6.04 Å². The molecule has 0 radical (unpaired) electrons. The van der Waals surface area contributed by atoms with Gasteiger partial charge in [0.1, 0.15) is 6.54 Å². The van der Waals surface area contributed by atoms with E-state index in [9.17, 15) is 14.4 Å². The summed E-state index contributed by atoms with van der Waals surface area (Å²) in [5.41, 5.74) is 5.71. The van der Waals surface area contributed by atoms with Crippen LogP contribution in [-0.4, -0.2) is 83.8 Å². The maximum Gasteiger partial charge on any atom is 0.322 e. The Bertz CT molecular complexity index is 1200. The number of aryl methyl sites for hydroxylation is 2. The van der Waals surface area contributed by atoms with Gasteiger partial charge in [-0.3, -0.25) is 19.4 Å². The van der Waals surface area contributed by atoms with Gasteiger partial charge in [0.2, 0.25) is 5.91 Å². The number of likely N-dealkylation sites (N-methyl/N-ethyl adjacent to an activating group) is 1. The van der Waals surface area contributed by atoms with E-state index in [0.29, 0.717) is 24.4 Å². The first-order chi connectivity index (χ1) is 17.3. The zero-order valence-corrected chi connectivity index (χ0v) is 21.2. The molecule has 3 aliphatic heterocycles. The van der Waals surface area contributed by atoms with Crippen LogP contribution in [0.2, 0.25) is 0 Å². The smallest absolute Gasteiger partial charge is 0.322 e. The molecule has 2 aromatic carbocycles. The number of benzene rings is 2. The average Bonchev–Trinajstić information content (AvgIpc) is 3.20. The molecule has 5 rings (SSSR count). The van der Waals surface area contributed by atoms with Crippen molar-refractivity contribution in [1.29, 1.82) is 0 Å². The molecule has 0 bridgehead atoms. The van der Waals surface area contributed by atoms with E-state index in [1.165, 1.54) is 16.0 Å². The standard InChI is InChI=1S/C28H33N5O3/c1-19-4-8-21(9-5-19)16-31-12-14-32(15-13-31)24(34)18-33-17-23-25(27(33)35)26(29-28(36)30(23)3)22-10-6-20(2)7-11-22/h4-11,26H,12-18H2,1-3H3,(H,29,36). The maximum atomic E-state index is 13.5. The summed E-state index contributed by atoms with van der Waals surface area (Å²) in [5, 5.41) is 2.95. The van der Waals surface area contributed by atoms with Crippen molar-refractivity contribution in [2.24, 2.45) is 0 Å². The Morgan fingerprint density at radius 3 is 2.17 bits per heavy atom. The SMILES string of the molecule is Cc1ccc(CN2CCN(C(=O)CN3CC4=C(C3=O)C(c3ccc(C)cc3)NC(=O)N4C)CC2)cc1. The highest BCUT2D eigenvalue weighted by Crippen LogP contribution is 2.35. The van der Waals surface area contributed by atoms with Crippen molar-refractivity contribution in [2.75, 3.05) is 46.3 Å². The maximum absolute atomic E-state index is 13.5. The number of hydrogen-bond donors (Lipinski definition) is 1. The third-order valence-electron chi connectivity index (χ3n) is 7.42. The number of amides is 4. The fourth-order valence-electron chi connectivity index (χ4n) is 5.13. The second kappa shape index (κ2) is 9.78. The molecule has 1 saturated heterocycles. The Morgan fingerprint density at radius 1 is 0.917 bits per heavy atom. The summed E-state index contributed by atoms with van der Waals surface area (Å²) in [6.45, 7) is 8.14. The number of carbonyl (C=O) groups is 3. The van der Waals surface area contributed by atoms with Crippen molar-refractivity contribution in [3.8, 4) is 0 Å². The van der Waals surface area contributed by atoms with E-state index in [1.807, 2.05) is 36.1 Å². The van der Waals surface area contributed by atoms with Crippen molar-refractivity contribution in [1.82, 2.24) is 24.9 Å². The third kappa shape index (κ3) is 4.73. The van der Waals surface area contributed by atoms with E-state index >= 15 is 0 Å². The van der Waals surface area contributed by atoms with Gasteiger partial charge < -0.3 is 15.1 Å². The molecule has 0 aromatic heterocycles. The topological polar surface area (TPSA) is 76.2 Å². The molecule has 0 spiro atoms. The number of piperazine rings is 1. The molecule has 188 valence electrons. The summed E-state index contributed by atoms with van der Waals surface area (Å²) in [7, 11) is 1.67. The average molecular weight is 488 g/mol. The van der Waals surface area contributed by atoms with Crippen molar-refractivity contribution in [3.63, 3.8) is 0 Å². The highest BCUT2D eigenvalue weighted by molar-refractivity contribution is 6.02. The van der Waals surface area contributed by atoms with E-state index in [4.69, 9.17) is 0 Å². The molecule has 0 aliphatic carbocycles. The number of rotatable bonds is 5. The molecule has 3 heterocycles.